The summed E-state index contributed by atoms with van der Waals surface area (Å²) in [7, 11) is 1.78. The Hall–Kier alpha value is -2.12. The minimum absolute atomic E-state index is 0.00787. The number of halogens is 1. The van der Waals surface area contributed by atoms with E-state index in [-0.39, 0.29) is 11.8 Å². The maximum absolute atomic E-state index is 12.4. The zero-order valence-electron chi connectivity index (χ0n) is 11.6. The molecule has 8 heteroatoms. The van der Waals surface area contributed by atoms with Crippen molar-refractivity contribution in [1.29, 1.82) is 0 Å². The van der Waals surface area contributed by atoms with Gasteiger partial charge in [0, 0.05) is 7.05 Å². The summed E-state index contributed by atoms with van der Waals surface area (Å²) < 4.78 is 7.39. The Morgan fingerprint density at radius 3 is 3.14 bits per heavy atom. The van der Waals surface area contributed by atoms with Crippen LogP contribution in [-0.2, 0) is 12.4 Å². The third-order valence-corrected chi connectivity index (χ3v) is 4.75. The molecule has 3 aromatic rings. The molecule has 0 fully saturated rings. The Labute approximate surface area is 135 Å². The fourth-order valence-electron chi connectivity index (χ4n) is 2.51. The van der Waals surface area contributed by atoms with Crippen LogP contribution < -0.4 is 0 Å². The molecule has 1 aliphatic rings. The smallest absolute Gasteiger partial charge is 0.266 e. The van der Waals surface area contributed by atoms with Crippen LogP contribution in [0.2, 0.25) is 0 Å². The van der Waals surface area contributed by atoms with Crippen LogP contribution in [0.1, 0.15) is 21.1 Å². The van der Waals surface area contributed by atoms with E-state index in [0.717, 1.165) is 11.4 Å². The van der Waals surface area contributed by atoms with Gasteiger partial charge in [-0.05, 0) is 11.4 Å². The fraction of sp³-hybridized carbons (Fsp3) is 0.214. The molecule has 1 aliphatic heterocycles. The quantitative estimate of drug-likeness (QED) is 0.676. The van der Waals surface area contributed by atoms with Crippen molar-refractivity contribution < 1.29 is 9.21 Å². The van der Waals surface area contributed by atoms with Crippen molar-refractivity contribution in [2.75, 3.05) is 7.05 Å². The molecule has 6 nitrogen and oxygen atoms in total. The second kappa shape index (κ2) is 4.96. The first-order valence-electron chi connectivity index (χ1n) is 6.59. The van der Waals surface area contributed by atoms with Crippen LogP contribution in [0.3, 0.4) is 0 Å². The maximum atomic E-state index is 12.4. The minimum atomic E-state index is 0.00787. The zero-order chi connectivity index (χ0) is 15.3. The summed E-state index contributed by atoms with van der Waals surface area (Å²) in [4.78, 5) is 23.5. The largest absolute Gasteiger partial charge is 0.443 e. The molecule has 112 valence electrons. The molecule has 0 spiro atoms. The van der Waals surface area contributed by atoms with Crippen molar-refractivity contribution in [1.82, 2.24) is 19.4 Å². The van der Waals surface area contributed by atoms with Gasteiger partial charge in [0.15, 0.2) is 0 Å². The van der Waals surface area contributed by atoms with Gasteiger partial charge in [0.05, 0.1) is 29.5 Å². The van der Waals surface area contributed by atoms with E-state index in [2.05, 4.69) is 9.97 Å². The first-order chi connectivity index (χ1) is 10.7. The van der Waals surface area contributed by atoms with Gasteiger partial charge in [0.25, 0.3) is 5.91 Å². The highest BCUT2D eigenvalue weighted by molar-refractivity contribution is 7.12. The van der Waals surface area contributed by atoms with Gasteiger partial charge < -0.3 is 9.32 Å². The number of nitrogens with zero attached hydrogens (tertiary/aromatic N) is 4. The van der Waals surface area contributed by atoms with E-state index in [1.54, 1.807) is 18.3 Å². The maximum Gasteiger partial charge on any atom is 0.266 e. The Kier molecular flexibility index (Phi) is 3.05. The van der Waals surface area contributed by atoms with Gasteiger partial charge in [-0.15, -0.1) is 22.9 Å². The molecule has 22 heavy (non-hydrogen) atoms. The molecule has 4 heterocycles. The molecule has 0 radical (unpaired) electrons. The number of thiophene rings is 1. The SMILES string of the molecule is CN1Cc2c(-c3nc(CCl)co3)ncn2-c2ccsc2C1=O. The molecule has 0 aromatic carbocycles. The normalized spacial score (nSPS) is 13.9. The lowest BCUT2D eigenvalue weighted by Crippen LogP contribution is -2.24. The van der Waals surface area contributed by atoms with Crippen LogP contribution in [0, 0.1) is 0 Å². The highest BCUT2D eigenvalue weighted by atomic mass is 35.5. The number of hydrogen-bond donors (Lipinski definition) is 0. The Balaban J connectivity index is 1.90. The number of rotatable bonds is 2. The highest BCUT2D eigenvalue weighted by Crippen LogP contribution is 2.32. The number of hydrogen-bond acceptors (Lipinski definition) is 5. The Morgan fingerprint density at radius 1 is 1.50 bits per heavy atom. The molecule has 0 aliphatic carbocycles. The number of oxazole rings is 1. The van der Waals surface area contributed by atoms with Crippen LogP contribution in [0.4, 0.5) is 0 Å². The summed E-state index contributed by atoms with van der Waals surface area (Å²) in [5, 5.41) is 1.90. The van der Waals surface area contributed by atoms with Gasteiger partial charge in [-0.3, -0.25) is 9.36 Å². The van der Waals surface area contributed by atoms with Crippen molar-refractivity contribution in [3.8, 4) is 17.3 Å². The molecule has 1 amide bonds. The van der Waals surface area contributed by atoms with Crippen molar-refractivity contribution >= 4 is 28.8 Å². The summed E-state index contributed by atoms with van der Waals surface area (Å²) in [5.74, 6) is 0.713. The summed E-state index contributed by atoms with van der Waals surface area (Å²) in [6, 6.07) is 1.92. The Bertz CT molecular complexity index is 866. The van der Waals surface area contributed by atoms with E-state index in [4.69, 9.17) is 16.0 Å². The monoisotopic (exact) mass is 334 g/mol. The fourth-order valence-corrected chi connectivity index (χ4v) is 3.51. The van der Waals surface area contributed by atoms with Crippen LogP contribution in [0.25, 0.3) is 17.3 Å². The highest BCUT2D eigenvalue weighted by Gasteiger charge is 2.28. The van der Waals surface area contributed by atoms with Crippen molar-refractivity contribution in [3.63, 3.8) is 0 Å². The van der Waals surface area contributed by atoms with Gasteiger partial charge >= 0.3 is 0 Å². The molecular formula is C14H11ClN4O2S. The summed E-state index contributed by atoms with van der Waals surface area (Å²) in [6.07, 6.45) is 3.23. The van der Waals surface area contributed by atoms with Gasteiger partial charge in [-0.25, -0.2) is 9.97 Å². The predicted octanol–water partition coefficient (Wildman–Crippen LogP) is 2.91. The summed E-state index contributed by atoms with van der Waals surface area (Å²) in [5.41, 5.74) is 3.01. The number of fused-ring (bicyclic) bond motifs is 3. The van der Waals surface area contributed by atoms with E-state index in [0.29, 0.717) is 28.7 Å². The number of carbonyl (C=O) groups excluding carboxylic acids is 1. The van der Waals surface area contributed by atoms with E-state index in [1.165, 1.54) is 17.6 Å². The number of carbonyl (C=O) groups is 1. The third-order valence-electron chi connectivity index (χ3n) is 3.59. The average Bonchev–Trinajstić information content (AvgIpc) is 3.23. The lowest BCUT2D eigenvalue weighted by molar-refractivity contribution is 0.0792. The second-order valence-corrected chi connectivity index (χ2v) is 6.17. The van der Waals surface area contributed by atoms with E-state index in [1.807, 2.05) is 16.0 Å². The van der Waals surface area contributed by atoms with Crippen LogP contribution in [0.15, 0.2) is 28.5 Å². The van der Waals surface area contributed by atoms with Crippen LogP contribution in [-0.4, -0.2) is 32.4 Å². The number of amides is 1. The summed E-state index contributed by atoms with van der Waals surface area (Å²) >= 11 is 7.20. The van der Waals surface area contributed by atoms with E-state index < -0.39 is 0 Å². The molecule has 0 unspecified atom stereocenters. The van der Waals surface area contributed by atoms with Gasteiger partial charge in [-0.1, -0.05) is 0 Å². The summed E-state index contributed by atoms with van der Waals surface area (Å²) in [6.45, 7) is 0.439. The second-order valence-electron chi connectivity index (χ2n) is 4.98. The molecule has 0 bridgehead atoms. The van der Waals surface area contributed by atoms with Gasteiger partial charge in [0.2, 0.25) is 5.89 Å². The molecular weight excluding hydrogens is 324 g/mol. The van der Waals surface area contributed by atoms with E-state index in [9.17, 15) is 4.79 Å². The van der Waals surface area contributed by atoms with Crippen molar-refractivity contribution in [2.45, 2.75) is 12.4 Å². The third kappa shape index (κ3) is 1.89. The number of alkyl halides is 1. The molecule has 4 rings (SSSR count). The lowest BCUT2D eigenvalue weighted by Gasteiger charge is -2.13. The van der Waals surface area contributed by atoms with Gasteiger partial charge in [-0.2, -0.15) is 0 Å². The van der Waals surface area contributed by atoms with Gasteiger partial charge in [0.1, 0.15) is 23.2 Å². The average molecular weight is 335 g/mol. The Morgan fingerprint density at radius 2 is 2.36 bits per heavy atom. The predicted molar refractivity (Wildman–Crippen MR) is 82.3 cm³/mol. The minimum Gasteiger partial charge on any atom is -0.443 e. The molecule has 0 atom stereocenters. The van der Waals surface area contributed by atoms with Crippen LogP contribution in [0.5, 0.6) is 0 Å². The van der Waals surface area contributed by atoms with Crippen molar-refractivity contribution in [2.24, 2.45) is 0 Å². The molecule has 0 saturated carbocycles. The topological polar surface area (TPSA) is 64.2 Å². The van der Waals surface area contributed by atoms with Crippen molar-refractivity contribution in [3.05, 3.63) is 40.3 Å². The standard InChI is InChI=1S/C14H11ClN4O2S/c1-18-5-10-11(13-17-8(4-15)6-21-13)16-7-19(10)9-2-3-22-12(9)14(18)20/h2-3,6-7H,4-5H2,1H3. The lowest BCUT2D eigenvalue weighted by atomic mass is 10.3. The first kappa shape index (κ1) is 13.5. The first-order valence-corrected chi connectivity index (χ1v) is 8.00. The number of aromatic nitrogens is 3. The zero-order valence-corrected chi connectivity index (χ0v) is 13.2. The number of imidazole rings is 1. The van der Waals surface area contributed by atoms with Crippen LogP contribution >= 0.6 is 22.9 Å². The molecule has 0 N–H and O–H groups in total. The van der Waals surface area contributed by atoms with E-state index >= 15 is 0 Å². The molecule has 0 saturated heterocycles. The molecule has 3 aromatic heterocycles.